The second kappa shape index (κ2) is 20.0. The van der Waals surface area contributed by atoms with Crippen molar-refractivity contribution < 1.29 is 13.8 Å². The first-order valence-electron chi connectivity index (χ1n) is 9.67. The lowest BCUT2D eigenvalue weighted by Gasteiger charge is -2.10. The Morgan fingerprint density at radius 2 is 1.22 bits per heavy atom. The van der Waals surface area contributed by atoms with E-state index < -0.39 is 8.69 Å². The Bertz CT molecular complexity index is 242. The molecular weight excluding hydrogens is 309 g/mol. The molecule has 0 aliphatic carbocycles. The van der Waals surface area contributed by atoms with Gasteiger partial charge in [0.2, 0.25) is 0 Å². The lowest BCUT2D eigenvalue weighted by atomic mass is 10.0. The molecule has 0 aliphatic rings. The lowest BCUT2D eigenvalue weighted by molar-refractivity contribution is 0.0597. The minimum absolute atomic E-state index is 0.0559. The molecular formula is C18H39NO3P+. The molecule has 0 saturated heterocycles. The quantitative estimate of drug-likeness (QED) is 0.184. The van der Waals surface area contributed by atoms with E-state index in [1.54, 1.807) is 0 Å². The topological polar surface area (TPSA) is 61.6 Å². The minimum Gasteiger partial charge on any atom is -0.364 e. The van der Waals surface area contributed by atoms with E-state index in [9.17, 15) is 4.57 Å². The number of hydrogen-bond donors (Lipinski definition) is 1. The van der Waals surface area contributed by atoms with E-state index in [1.807, 2.05) is 6.92 Å². The highest BCUT2D eigenvalue weighted by molar-refractivity contribution is 7.17. The molecule has 0 aromatic heterocycles. The van der Waals surface area contributed by atoms with Gasteiger partial charge in [0.05, 0.1) is 0 Å². The van der Waals surface area contributed by atoms with Crippen LogP contribution in [-0.4, -0.2) is 19.4 Å². The molecule has 5 heteroatoms. The third-order valence-corrected chi connectivity index (χ3v) is 4.50. The third-order valence-electron chi connectivity index (χ3n) is 4.17. The predicted molar refractivity (Wildman–Crippen MR) is 99.2 cm³/mol. The lowest BCUT2D eigenvalue weighted by Crippen LogP contribution is -2.23. The maximum Gasteiger partial charge on any atom is 0.494 e. The summed E-state index contributed by atoms with van der Waals surface area (Å²) >= 11 is 0. The Balaban J connectivity index is 3.01. The van der Waals surface area contributed by atoms with Crippen molar-refractivity contribution in [2.24, 2.45) is 5.73 Å². The van der Waals surface area contributed by atoms with Crippen LogP contribution in [0.5, 0.6) is 0 Å². The summed E-state index contributed by atoms with van der Waals surface area (Å²) in [6.45, 7) is 3.36. The first-order valence-corrected chi connectivity index (χ1v) is 10.5. The fourth-order valence-corrected chi connectivity index (χ4v) is 3.03. The van der Waals surface area contributed by atoms with Gasteiger partial charge in [0.1, 0.15) is 12.8 Å². The van der Waals surface area contributed by atoms with E-state index in [0.717, 1.165) is 19.4 Å². The third kappa shape index (κ3) is 19.9. The standard InChI is InChI=1S/C18H39NO3P/c1-2-21-18(19)16-14-12-10-8-6-4-3-5-7-9-11-13-15-17-22-23-20/h18,23H,2-17,19H2,1H3/q+1. The first kappa shape index (κ1) is 23.0. The van der Waals surface area contributed by atoms with Crippen molar-refractivity contribution >= 4 is 8.69 Å². The zero-order valence-electron chi connectivity index (χ0n) is 15.2. The summed E-state index contributed by atoms with van der Waals surface area (Å²) in [5, 5.41) is 0. The summed E-state index contributed by atoms with van der Waals surface area (Å²) < 4.78 is 20.3. The average Bonchev–Trinajstić information content (AvgIpc) is 2.54. The van der Waals surface area contributed by atoms with Crippen LogP contribution in [0.3, 0.4) is 0 Å². The van der Waals surface area contributed by atoms with Crippen molar-refractivity contribution in [2.75, 3.05) is 13.2 Å². The molecule has 0 radical (unpaired) electrons. The van der Waals surface area contributed by atoms with Crippen LogP contribution in [0, 0.1) is 0 Å². The summed E-state index contributed by atoms with van der Waals surface area (Å²) in [6, 6.07) is 0. The van der Waals surface area contributed by atoms with E-state index in [1.165, 1.54) is 77.0 Å². The van der Waals surface area contributed by atoms with Crippen molar-refractivity contribution in [3.8, 4) is 0 Å². The van der Waals surface area contributed by atoms with Gasteiger partial charge >= 0.3 is 8.69 Å². The second-order valence-electron chi connectivity index (χ2n) is 6.31. The van der Waals surface area contributed by atoms with Gasteiger partial charge in [0, 0.05) is 6.61 Å². The molecule has 4 nitrogen and oxygen atoms in total. The molecule has 0 bridgehead atoms. The van der Waals surface area contributed by atoms with Gasteiger partial charge in [0.15, 0.2) is 0 Å². The maximum absolute atomic E-state index is 10.1. The van der Waals surface area contributed by atoms with Crippen molar-refractivity contribution in [1.82, 2.24) is 0 Å². The minimum atomic E-state index is -0.594. The van der Waals surface area contributed by atoms with Crippen LogP contribution in [0.15, 0.2) is 0 Å². The molecule has 138 valence electrons. The van der Waals surface area contributed by atoms with E-state index in [2.05, 4.69) is 0 Å². The fourth-order valence-electron chi connectivity index (χ4n) is 2.80. The van der Waals surface area contributed by atoms with Crippen LogP contribution in [0.25, 0.3) is 0 Å². The van der Waals surface area contributed by atoms with Crippen molar-refractivity contribution in [3.63, 3.8) is 0 Å². The Hall–Kier alpha value is -0.0200. The first-order chi connectivity index (χ1) is 11.3. The molecule has 0 amide bonds. The maximum atomic E-state index is 10.1. The van der Waals surface area contributed by atoms with Gasteiger partial charge in [-0.2, -0.15) is 0 Å². The fraction of sp³-hybridized carbons (Fsp3) is 1.00. The highest BCUT2D eigenvalue weighted by Gasteiger charge is 2.00. The highest BCUT2D eigenvalue weighted by atomic mass is 31.1. The van der Waals surface area contributed by atoms with E-state index in [4.69, 9.17) is 15.0 Å². The van der Waals surface area contributed by atoms with Crippen molar-refractivity contribution in [2.45, 2.75) is 103 Å². The van der Waals surface area contributed by atoms with Gasteiger partial charge in [-0.25, -0.2) is 0 Å². The Kier molecular flexibility index (Phi) is 20.0. The van der Waals surface area contributed by atoms with Crippen LogP contribution in [0.2, 0.25) is 0 Å². The average molecular weight is 348 g/mol. The predicted octanol–water partition coefficient (Wildman–Crippen LogP) is 5.72. The molecule has 0 fully saturated rings. The zero-order chi connectivity index (χ0) is 17.0. The smallest absolute Gasteiger partial charge is 0.364 e. The zero-order valence-corrected chi connectivity index (χ0v) is 16.2. The molecule has 2 atom stereocenters. The van der Waals surface area contributed by atoms with Crippen LogP contribution in [0.1, 0.15) is 96.8 Å². The van der Waals surface area contributed by atoms with Crippen LogP contribution < -0.4 is 5.73 Å². The Morgan fingerprint density at radius 3 is 1.65 bits per heavy atom. The molecule has 0 aromatic rings. The van der Waals surface area contributed by atoms with Gasteiger partial charge in [-0.15, -0.1) is 4.52 Å². The van der Waals surface area contributed by atoms with E-state index in [-0.39, 0.29) is 6.23 Å². The molecule has 0 heterocycles. The van der Waals surface area contributed by atoms with Crippen LogP contribution >= 0.6 is 8.69 Å². The molecule has 0 saturated carbocycles. The van der Waals surface area contributed by atoms with E-state index >= 15 is 0 Å². The Morgan fingerprint density at radius 1 is 0.783 bits per heavy atom. The molecule has 2 unspecified atom stereocenters. The van der Waals surface area contributed by atoms with Gasteiger partial charge in [-0.3, -0.25) is 0 Å². The molecule has 0 aliphatic heterocycles. The number of rotatable bonds is 19. The SMILES string of the molecule is CCOC(N)CCCCCCCCCCCCCCCO[PH+]=O. The monoisotopic (exact) mass is 348 g/mol. The number of unbranched alkanes of at least 4 members (excludes halogenated alkanes) is 12. The number of ether oxygens (including phenoxy) is 1. The summed E-state index contributed by atoms with van der Waals surface area (Å²) in [6.07, 6.45) is 17.9. The normalized spacial score (nSPS) is 12.8. The van der Waals surface area contributed by atoms with Gasteiger partial charge in [0.25, 0.3) is 0 Å². The van der Waals surface area contributed by atoms with Gasteiger partial charge < -0.3 is 10.5 Å². The summed E-state index contributed by atoms with van der Waals surface area (Å²) in [5.41, 5.74) is 5.80. The van der Waals surface area contributed by atoms with Crippen LogP contribution in [-0.2, 0) is 13.8 Å². The summed E-state index contributed by atoms with van der Waals surface area (Å²) in [4.78, 5) is 0. The van der Waals surface area contributed by atoms with Gasteiger partial charge in [-0.1, -0.05) is 70.6 Å². The number of hydrogen-bond acceptors (Lipinski definition) is 4. The molecule has 0 spiro atoms. The Labute approximate surface area is 145 Å². The summed E-state index contributed by atoms with van der Waals surface area (Å²) in [7, 11) is -0.594. The van der Waals surface area contributed by atoms with Crippen molar-refractivity contribution in [1.29, 1.82) is 0 Å². The highest BCUT2D eigenvalue weighted by Crippen LogP contribution is 2.13. The summed E-state index contributed by atoms with van der Waals surface area (Å²) in [5.74, 6) is 0. The molecule has 23 heavy (non-hydrogen) atoms. The molecule has 0 rings (SSSR count). The largest absolute Gasteiger partial charge is 0.494 e. The van der Waals surface area contributed by atoms with E-state index in [0.29, 0.717) is 6.61 Å². The second-order valence-corrected chi connectivity index (χ2v) is 6.77. The molecule has 0 aromatic carbocycles. The number of nitrogens with two attached hydrogens (primary N) is 1. The van der Waals surface area contributed by atoms with Gasteiger partial charge in [-0.05, 0) is 30.8 Å². The molecule has 2 N–H and O–H groups in total. The van der Waals surface area contributed by atoms with Crippen LogP contribution in [0.4, 0.5) is 0 Å². The van der Waals surface area contributed by atoms with Crippen molar-refractivity contribution in [3.05, 3.63) is 0 Å².